The van der Waals surface area contributed by atoms with Crippen LogP contribution in [-0.4, -0.2) is 28.0 Å². The van der Waals surface area contributed by atoms with Crippen LogP contribution in [0.2, 0.25) is 0 Å². The van der Waals surface area contributed by atoms with Gasteiger partial charge in [-0.1, -0.05) is 6.92 Å². The van der Waals surface area contributed by atoms with Crippen LogP contribution in [0.5, 0.6) is 0 Å². The van der Waals surface area contributed by atoms with Gasteiger partial charge in [0.2, 0.25) is 0 Å². The lowest BCUT2D eigenvalue weighted by Gasteiger charge is -2.03. The lowest BCUT2D eigenvalue weighted by Crippen LogP contribution is -2.18. The summed E-state index contributed by atoms with van der Waals surface area (Å²) >= 11 is 0. The van der Waals surface area contributed by atoms with Crippen molar-refractivity contribution in [2.24, 2.45) is 0 Å². The quantitative estimate of drug-likeness (QED) is 0.666. The molecule has 0 amide bonds. The van der Waals surface area contributed by atoms with Gasteiger partial charge in [0.25, 0.3) is 0 Å². The molecule has 0 radical (unpaired) electrons. The van der Waals surface area contributed by atoms with Gasteiger partial charge in [-0.25, -0.2) is 14.1 Å². The van der Waals surface area contributed by atoms with Crippen molar-refractivity contribution in [2.75, 3.05) is 13.2 Å². The number of nitrogens with one attached hydrogen (secondary N) is 1. The largest absolute Gasteiger partial charge is 0.310 e. The van der Waals surface area contributed by atoms with Gasteiger partial charge in [0.05, 0.1) is 13.1 Å². The Hall–Kier alpha value is -0.970. The van der Waals surface area contributed by atoms with E-state index in [-0.39, 0.29) is 0 Å². The van der Waals surface area contributed by atoms with Crippen LogP contribution in [0.1, 0.15) is 19.2 Å². The fourth-order valence-corrected chi connectivity index (χ4v) is 1.07. The molecular weight excluding hydrogens is 171 g/mol. The van der Waals surface area contributed by atoms with E-state index in [1.54, 1.807) is 4.68 Å². The first kappa shape index (κ1) is 10.1. The Kier molecular flexibility index (Phi) is 4.39. The minimum Gasteiger partial charge on any atom is -0.310 e. The highest BCUT2D eigenvalue weighted by Crippen LogP contribution is 1.93. The van der Waals surface area contributed by atoms with Crippen molar-refractivity contribution in [2.45, 2.75) is 26.4 Å². The summed E-state index contributed by atoms with van der Waals surface area (Å²) in [6.45, 7) is 3.60. The maximum Gasteiger partial charge on any atom is 0.140 e. The lowest BCUT2D eigenvalue weighted by atomic mass is 10.4. The van der Waals surface area contributed by atoms with Crippen molar-refractivity contribution in [3.8, 4) is 0 Å². The number of aryl methyl sites for hydroxylation is 1. The first-order chi connectivity index (χ1) is 6.38. The van der Waals surface area contributed by atoms with E-state index in [4.69, 9.17) is 0 Å². The smallest absolute Gasteiger partial charge is 0.140 e. The molecule has 0 bridgehead atoms. The van der Waals surface area contributed by atoms with Crippen LogP contribution in [0.25, 0.3) is 0 Å². The van der Waals surface area contributed by atoms with Gasteiger partial charge in [-0.2, -0.15) is 5.10 Å². The van der Waals surface area contributed by atoms with E-state index in [0.717, 1.165) is 18.8 Å². The van der Waals surface area contributed by atoms with Crippen molar-refractivity contribution < 1.29 is 4.39 Å². The van der Waals surface area contributed by atoms with Gasteiger partial charge in [0.15, 0.2) is 0 Å². The third kappa shape index (κ3) is 3.10. The highest BCUT2D eigenvalue weighted by atomic mass is 19.1. The summed E-state index contributed by atoms with van der Waals surface area (Å²) in [5.41, 5.74) is 0. The molecular formula is C8H15FN4. The highest BCUT2D eigenvalue weighted by molar-refractivity contribution is 4.83. The monoisotopic (exact) mass is 186 g/mol. The number of nitrogens with zero attached hydrogens (tertiary/aromatic N) is 3. The number of aromatic nitrogens is 3. The SMILES string of the molecule is CCCNCc1ncnn1CCF. The first-order valence-electron chi connectivity index (χ1n) is 4.51. The molecule has 0 atom stereocenters. The molecule has 1 aromatic heterocycles. The predicted octanol–water partition coefficient (Wildman–Crippen LogP) is 0.747. The molecule has 5 heteroatoms. The number of alkyl halides is 1. The highest BCUT2D eigenvalue weighted by Gasteiger charge is 2.01. The van der Waals surface area contributed by atoms with Crippen LogP contribution in [0, 0.1) is 0 Å². The Morgan fingerprint density at radius 1 is 1.62 bits per heavy atom. The zero-order chi connectivity index (χ0) is 9.52. The summed E-state index contributed by atoms with van der Waals surface area (Å²) in [5, 5.41) is 7.10. The Balaban J connectivity index is 2.40. The normalized spacial score (nSPS) is 10.6. The van der Waals surface area contributed by atoms with E-state index in [1.807, 2.05) is 0 Å². The number of rotatable bonds is 6. The van der Waals surface area contributed by atoms with Gasteiger partial charge >= 0.3 is 0 Å². The zero-order valence-corrected chi connectivity index (χ0v) is 7.83. The molecule has 4 nitrogen and oxygen atoms in total. The third-order valence-electron chi connectivity index (χ3n) is 1.70. The molecule has 1 heterocycles. The van der Waals surface area contributed by atoms with Crippen LogP contribution in [0.3, 0.4) is 0 Å². The van der Waals surface area contributed by atoms with Gasteiger partial charge < -0.3 is 5.32 Å². The molecule has 0 saturated heterocycles. The van der Waals surface area contributed by atoms with E-state index >= 15 is 0 Å². The van der Waals surface area contributed by atoms with Crippen LogP contribution >= 0.6 is 0 Å². The topological polar surface area (TPSA) is 42.7 Å². The fourth-order valence-electron chi connectivity index (χ4n) is 1.07. The summed E-state index contributed by atoms with van der Waals surface area (Å²) in [5.74, 6) is 0.797. The maximum absolute atomic E-state index is 12.0. The minimum absolute atomic E-state index is 0.295. The Morgan fingerprint density at radius 3 is 3.15 bits per heavy atom. The number of halogens is 1. The molecule has 0 fully saturated rings. The second kappa shape index (κ2) is 5.64. The summed E-state index contributed by atoms with van der Waals surface area (Å²) in [7, 11) is 0. The average Bonchev–Trinajstić information content (AvgIpc) is 2.54. The van der Waals surface area contributed by atoms with Gasteiger partial charge in [0.1, 0.15) is 18.8 Å². The fraction of sp³-hybridized carbons (Fsp3) is 0.750. The molecule has 0 saturated carbocycles. The van der Waals surface area contributed by atoms with Crippen LogP contribution in [0.15, 0.2) is 6.33 Å². The van der Waals surface area contributed by atoms with Crippen molar-refractivity contribution >= 4 is 0 Å². The molecule has 0 aliphatic heterocycles. The van der Waals surface area contributed by atoms with Gasteiger partial charge in [-0.3, -0.25) is 0 Å². The second-order valence-electron chi connectivity index (χ2n) is 2.77. The molecule has 1 N–H and O–H groups in total. The van der Waals surface area contributed by atoms with Crippen molar-refractivity contribution in [3.63, 3.8) is 0 Å². The van der Waals surface area contributed by atoms with E-state index < -0.39 is 6.67 Å². The average molecular weight is 186 g/mol. The Labute approximate surface area is 77.2 Å². The molecule has 0 aliphatic carbocycles. The minimum atomic E-state index is -0.399. The maximum atomic E-state index is 12.0. The Morgan fingerprint density at radius 2 is 2.46 bits per heavy atom. The third-order valence-corrected chi connectivity index (χ3v) is 1.70. The molecule has 0 unspecified atom stereocenters. The number of hydrogen-bond donors (Lipinski definition) is 1. The molecule has 0 aromatic carbocycles. The van der Waals surface area contributed by atoms with Gasteiger partial charge in [-0.05, 0) is 13.0 Å². The summed E-state index contributed by atoms with van der Waals surface area (Å²) < 4.78 is 13.6. The summed E-state index contributed by atoms with van der Waals surface area (Å²) in [6, 6.07) is 0. The molecule has 13 heavy (non-hydrogen) atoms. The van der Waals surface area contributed by atoms with Gasteiger partial charge in [0, 0.05) is 0 Å². The standard InChI is InChI=1S/C8H15FN4/c1-2-4-10-6-8-11-7-12-13(8)5-3-9/h7,10H,2-6H2,1H3. The van der Waals surface area contributed by atoms with Crippen molar-refractivity contribution in [3.05, 3.63) is 12.2 Å². The van der Waals surface area contributed by atoms with Crippen LogP contribution in [-0.2, 0) is 13.1 Å². The van der Waals surface area contributed by atoms with E-state index in [2.05, 4.69) is 22.3 Å². The molecule has 0 spiro atoms. The van der Waals surface area contributed by atoms with E-state index in [1.165, 1.54) is 6.33 Å². The summed E-state index contributed by atoms with van der Waals surface area (Å²) in [4.78, 5) is 4.03. The molecule has 74 valence electrons. The van der Waals surface area contributed by atoms with Crippen LogP contribution < -0.4 is 5.32 Å². The number of hydrogen-bond acceptors (Lipinski definition) is 3. The predicted molar refractivity (Wildman–Crippen MR) is 48.0 cm³/mol. The zero-order valence-electron chi connectivity index (χ0n) is 7.83. The Bertz CT molecular complexity index is 236. The van der Waals surface area contributed by atoms with Crippen molar-refractivity contribution in [1.29, 1.82) is 0 Å². The van der Waals surface area contributed by atoms with E-state index in [0.29, 0.717) is 13.1 Å². The second-order valence-corrected chi connectivity index (χ2v) is 2.77. The van der Waals surface area contributed by atoms with Crippen molar-refractivity contribution in [1.82, 2.24) is 20.1 Å². The molecule has 1 aromatic rings. The summed E-state index contributed by atoms with van der Waals surface area (Å²) in [6.07, 6.45) is 2.54. The molecule has 0 aliphatic rings. The van der Waals surface area contributed by atoms with E-state index in [9.17, 15) is 4.39 Å². The first-order valence-corrected chi connectivity index (χ1v) is 4.51. The van der Waals surface area contributed by atoms with Crippen LogP contribution in [0.4, 0.5) is 4.39 Å². The lowest BCUT2D eigenvalue weighted by molar-refractivity contribution is 0.415. The molecule has 1 rings (SSSR count). The van der Waals surface area contributed by atoms with Gasteiger partial charge in [-0.15, -0.1) is 0 Å².